The molecule has 0 radical (unpaired) electrons. The van der Waals surface area contributed by atoms with Crippen LogP contribution in [0.2, 0.25) is 0 Å². The quantitative estimate of drug-likeness (QED) is 0.0846. The fourth-order valence-electron chi connectivity index (χ4n) is 4.11. The van der Waals surface area contributed by atoms with Crippen LogP contribution in [0.1, 0.15) is 72.9 Å². The summed E-state index contributed by atoms with van der Waals surface area (Å²) in [6.45, 7) is 4.42. The van der Waals surface area contributed by atoms with E-state index in [0.29, 0.717) is 0 Å². The zero-order chi connectivity index (χ0) is 28.7. The van der Waals surface area contributed by atoms with Crippen LogP contribution >= 0.6 is 48.9 Å². The number of unbranched alkanes of at least 4 members (excludes halogenated alkanes) is 2. The van der Waals surface area contributed by atoms with Crippen LogP contribution in [0.5, 0.6) is 0 Å². The van der Waals surface area contributed by atoms with E-state index in [-0.39, 0.29) is 16.5 Å². The van der Waals surface area contributed by atoms with Gasteiger partial charge in [-0.3, -0.25) is 0 Å². The van der Waals surface area contributed by atoms with Gasteiger partial charge in [-0.2, -0.15) is 0 Å². The van der Waals surface area contributed by atoms with Gasteiger partial charge in [0.25, 0.3) is 0 Å². The van der Waals surface area contributed by atoms with Crippen LogP contribution in [0.4, 0.5) is 0 Å². The Hall–Kier alpha value is -2.27. The molecule has 0 aliphatic rings. The molecule has 0 aliphatic heterocycles. The Labute approximate surface area is 277 Å². The summed E-state index contributed by atoms with van der Waals surface area (Å²) in [6.07, 6.45) is 7.16. The van der Waals surface area contributed by atoms with Crippen LogP contribution in [0.25, 0.3) is 0 Å². The molecule has 41 heavy (non-hydrogen) atoms. The average Bonchev–Trinajstić information content (AvgIpc) is 3.03. The van der Waals surface area contributed by atoms with Crippen molar-refractivity contribution in [3.63, 3.8) is 0 Å². The SMILES string of the molecule is CCCCc1ccc(C(=S)C(=S)c2ccccc2)cc1.CCCCc1ccc(C(=S)C(=S)c2ccccc2)cc1.[Ni]. The Morgan fingerprint density at radius 2 is 0.683 bits per heavy atom. The van der Waals surface area contributed by atoms with Crippen molar-refractivity contribution in [2.24, 2.45) is 0 Å². The molecular formula is C36H36NiS4. The predicted octanol–water partition coefficient (Wildman–Crippen LogP) is 10.3. The largest absolute Gasteiger partial charge is 0.0778 e. The molecule has 0 fully saturated rings. The van der Waals surface area contributed by atoms with Crippen molar-refractivity contribution in [1.82, 2.24) is 0 Å². The minimum atomic E-state index is 0. The first-order valence-electron chi connectivity index (χ1n) is 13.9. The molecule has 0 heterocycles. The third kappa shape index (κ3) is 11.2. The van der Waals surface area contributed by atoms with Gasteiger partial charge >= 0.3 is 0 Å². The third-order valence-corrected chi connectivity index (χ3v) is 8.57. The number of hydrogen-bond acceptors (Lipinski definition) is 4. The minimum absolute atomic E-state index is 0. The zero-order valence-electron chi connectivity index (χ0n) is 23.6. The summed E-state index contributed by atoms with van der Waals surface area (Å²) in [7, 11) is 0. The number of thiocarbonyl (C=S) groups is 4. The van der Waals surface area contributed by atoms with Gasteiger partial charge in [-0.15, -0.1) is 0 Å². The van der Waals surface area contributed by atoms with Gasteiger partial charge in [-0.1, -0.05) is 185 Å². The molecule has 0 atom stereocenters. The van der Waals surface area contributed by atoms with Crippen LogP contribution in [-0.2, 0) is 29.3 Å². The van der Waals surface area contributed by atoms with E-state index in [1.807, 2.05) is 60.7 Å². The maximum absolute atomic E-state index is 5.51. The number of benzene rings is 4. The van der Waals surface area contributed by atoms with Crippen molar-refractivity contribution in [2.75, 3.05) is 0 Å². The van der Waals surface area contributed by atoms with Crippen LogP contribution in [0.3, 0.4) is 0 Å². The van der Waals surface area contributed by atoms with Crippen molar-refractivity contribution in [3.05, 3.63) is 143 Å². The molecule has 4 rings (SSSR count). The summed E-state index contributed by atoms with van der Waals surface area (Å²) >= 11 is 22.0. The van der Waals surface area contributed by atoms with Crippen LogP contribution < -0.4 is 0 Å². The van der Waals surface area contributed by atoms with E-state index in [0.717, 1.165) is 54.6 Å². The van der Waals surface area contributed by atoms with Crippen molar-refractivity contribution in [3.8, 4) is 0 Å². The molecule has 0 saturated carbocycles. The van der Waals surface area contributed by atoms with Gasteiger partial charge in [-0.05, 0) is 59.1 Å². The van der Waals surface area contributed by atoms with Gasteiger partial charge < -0.3 is 0 Å². The van der Waals surface area contributed by atoms with E-state index in [1.54, 1.807) is 0 Å². The van der Waals surface area contributed by atoms with E-state index in [4.69, 9.17) is 48.9 Å². The molecule has 0 bridgehead atoms. The summed E-state index contributed by atoms with van der Waals surface area (Å²) < 4.78 is 0. The second-order valence-electron chi connectivity index (χ2n) is 9.65. The zero-order valence-corrected chi connectivity index (χ0v) is 27.8. The number of aryl methyl sites for hydroxylation is 2. The normalized spacial score (nSPS) is 10.0. The monoisotopic (exact) mass is 654 g/mol. The molecule has 4 aromatic carbocycles. The Balaban J connectivity index is 0.000000280. The maximum Gasteiger partial charge on any atom is 0.0636 e. The molecular weight excluding hydrogens is 619 g/mol. The predicted molar refractivity (Wildman–Crippen MR) is 190 cm³/mol. The second-order valence-corrected chi connectivity index (χ2v) is 11.3. The summed E-state index contributed by atoms with van der Waals surface area (Å²) in [4.78, 5) is 3.02. The maximum atomic E-state index is 5.51. The molecule has 214 valence electrons. The number of rotatable bonds is 12. The van der Waals surface area contributed by atoms with Gasteiger partial charge in [0.15, 0.2) is 0 Å². The molecule has 0 aliphatic carbocycles. The molecule has 0 saturated heterocycles. The molecule has 5 heteroatoms. The summed E-state index contributed by atoms with van der Waals surface area (Å²) in [5.41, 5.74) is 6.83. The summed E-state index contributed by atoms with van der Waals surface area (Å²) in [5, 5.41) is 0. The Morgan fingerprint density at radius 3 is 0.951 bits per heavy atom. The van der Waals surface area contributed by atoms with E-state index in [1.165, 1.54) is 36.8 Å². The van der Waals surface area contributed by atoms with E-state index >= 15 is 0 Å². The molecule has 0 unspecified atom stereocenters. The molecule has 0 nitrogen and oxygen atoms in total. The fraction of sp³-hybridized carbons (Fsp3) is 0.222. The first-order chi connectivity index (χ1) is 19.4. The van der Waals surface area contributed by atoms with Gasteiger partial charge in [-0.25, -0.2) is 0 Å². The standard InChI is InChI=1S/2C18H18S2.Ni/c2*1-2-3-7-14-10-12-16(13-11-14)18(20)17(19)15-8-5-4-6-9-15;/h2*4-6,8-13H,2-3,7H2,1H3;. The van der Waals surface area contributed by atoms with Crippen molar-refractivity contribution in [2.45, 2.75) is 52.4 Å². The van der Waals surface area contributed by atoms with Crippen LogP contribution in [0.15, 0.2) is 109 Å². The van der Waals surface area contributed by atoms with E-state index in [2.05, 4.69) is 62.4 Å². The molecule has 0 spiro atoms. The topological polar surface area (TPSA) is 0 Å². The van der Waals surface area contributed by atoms with Gasteiger partial charge in [0.05, 0.1) is 19.5 Å². The fourth-order valence-corrected chi connectivity index (χ4v) is 5.13. The summed E-state index contributed by atoms with van der Waals surface area (Å²) in [6, 6.07) is 36.9. The minimum Gasteiger partial charge on any atom is -0.0778 e. The van der Waals surface area contributed by atoms with E-state index in [9.17, 15) is 0 Å². The Kier molecular flexibility index (Phi) is 16.2. The molecule has 0 N–H and O–H groups in total. The first-order valence-corrected chi connectivity index (χ1v) is 15.5. The van der Waals surface area contributed by atoms with Crippen LogP contribution in [0, 0.1) is 0 Å². The molecule has 0 amide bonds. The van der Waals surface area contributed by atoms with Gasteiger partial charge in [0.2, 0.25) is 0 Å². The molecule has 0 aromatic heterocycles. The summed E-state index contributed by atoms with van der Waals surface area (Å²) in [5.74, 6) is 0. The number of hydrogen-bond donors (Lipinski definition) is 0. The van der Waals surface area contributed by atoms with Crippen LogP contribution in [-0.4, -0.2) is 19.5 Å². The van der Waals surface area contributed by atoms with Gasteiger partial charge in [0, 0.05) is 16.5 Å². The average molecular weight is 656 g/mol. The Bertz CT molecular complexity index is 1280. The molecule has 4 aromatic rings. The Morgan fingerprint density at radius 1 is 0.415 bits per heavy atom. The van der Waals surface area contributed by atoms with E-state index < -0.39 is 0 Å². The van der Waals surface area contributed by atoms with Crippen molar-refractivity contribution in [1.29, 1.82) is 0 Å². The van der Waals surface area contributed by atoms with Crippen molar-refractivity contribution >= 4 is 68.3 Å². The first kappa shape index (κ1) is 34.9. The van der Waals surface area contributed by atoms with Crippen molar-refractivity contribution < 1.29 is 16.5 Å². The smallest absolute Gasteiger partial charge is 0.0636 e. The second kappa shape index (κ2) is 19.0. The van der Waals surface area contributed by atoms with Gasteiger partial charge in [0.1, 0.15) is 0 Å². The third-order valence-electron chi connectivity index (χ3n) is 6.55.